The first kappa shape index (κ1) is 13.2. The molecule has 0 aliphatic heterocycles. The molecule has 0 saturated heterocycles. The van der Waals surface area contributed by atoms with Crippen LogP contribution in [0.25, 0.3) is 0 Å². The maximum atomic E-state index is 11.9. The van der Waals surface area contributed by atoms with Gasteiger partial charge < -0.3 is 4.52 Å². The summed E-state index contributed by atoms with van der Waals surface area (Å²) in [7, 11) is -3.48. The maximum Gasteiger partial charge on any atom is 0.232 e. The molecule has 2 rings (SSSR count). The Morgan fingerprint density at radius 1 is 1.39 bits per heavy atom. The van der Waals surface area contributed by atoms with Crippen LogP contribution in [0.3, 0.4) is 0 Å². The molecule has 0 atom stereocenters. The maximum absolute atomic E-state index is 11.9. The molecule has 0 unspecified atom stereocenters. The second-order valence-electron chi connectivity index (χ2n) is 4.82. The van der Waals surface area contributed by atoms with Crippen molar-refractivity contribution in [1.82, 2.24) is 15.1 Å². The second kappa shape index (κ2) is 4.43. The Balaban J connectivity index is 2.23. The van der Waals surface area contributed by atoms with Crippen LogP contribution in [-0.4, -0.2) is 23.5 Å². The Morgan fingerprint density at radius 3 is 2.61 bits per heavy atom. The molecule has 0 radical (unpaired) electrons. The van der Waals surface area contributed by atoms with Crippen LogP contribution in [0.5, 0.6) is 0 Å². The predicted molar refractivity (Wildman–Crippen MR) is 66.0 cm³/mol. The summed E-state index contributed by atoms with van der Waals surface area (Å²) in [4.78, 5) is 7.88. The average Bonchev–Trinajstić information content (AvgIpc) is 2.83. The smallest absolute Gasteiger partial charge is 0.232 e. The molecule has 0 bridgehead atoms. The zero-order valence-corrected chi connectivity index (χ0v) is 11.9. The van der Waals surface area contributed by atoms with Crippen molar-refractivity contribution < 1.29 is 12.9 Å². The van der Waals surface area contributed by atoms with E-state index >= 15 is 0 Å². The molecule has 2 aromatic heterocycles. The van der Waals surface area contributed by atoms with Gasteiger partial charge in [0.05, 0.1) is 0 Å². The van der Waals surface area contributed by atoms with E-state index in [0.29, 0.717) is 5.89 Å². The van der Waals surface area contributed by atoms with Crippen LogP contribution in [0.4, 0.5) is 0 Å². The number of hydrogen-bond acceptors (Lipinski definition) is 7. The third kappa shape index (κ3) is 2.75. The fourth-order valence-electron chi connectivity index (χ4n) is 1.21. The highest BCUT2D eigenvalue weighted by Crippen LogP contribution is 2.22. The Labute approximate surface area is 109 Å². The molecule has 0 N–H and O–H groups in total. The normalized spacial score (nSPS) is 12.8. The van der Waals surface area contributed by atoms with Crippen molar-refractivity contribution in [2.45, 2.75) is 36.3 Å². The molecule has 0 amide bonds. The quantitative estimate of drug-likeness (QED) is 0.855. The highest BCUT2D eigenvalue weighted by molar-refractivity contribution is 7.92. The standard InChI is InChI=1S/C10H13N3O3S2/c1-10(2,3)8-12-7(13-16-8)6-18(14,15)9-11-4-5-17-9/h4-5H,6H2,1-3H3. The Hall–Kier alpha value is -1.28. The first-order chi connectivity index (χ1) is 8.29. The van der Waals surface area contributed by atoms with Gasteiger partial charge in [-0.1, -0.05) is 25.9 Å². The van der Waals surface area contributed by atoms with Crippen LogP contribution in [0.2, 0.25) is 0 Å². The van der Waals surface area contributed by atoms with Crippen molar-refractivity contribution in [3.05, 3.63) is 23.3 Å². The van der Waals surface area contributed by atoms with Gasteiger partial charge in [-0.15, -0.1) is 11.3 Å². The molecule has 0 aromatic carbocycles. The third-order valence-corrected chi connectivity index (χ3v) is 5.00. The first-order valence-corrected chi connectivity index (χ1v) is 7.77. The highest BCUT2D eigenvalue weighted by atomic mass is 32.2. The Bertz CT molecular complexity index is 624. The third-order valence-electron chi connectivity index (χ3n) is 2.10. The van der Waals surface area contributed by atoms with Crippen molar-refractivity contribution in [3.8, 4) is 0 Å². The first-order valence-electron chi connectivity index (χ1n) is 5.24. The van der Waals surface area contributed by atoms with Gasteiger partial charge in [-0.25, -0.2) is 13.4 Å². The topological polar surface area (TPSA) is 86.0 Å². The molecule has 18 heavy (non-hydrogen) atoms. The summed E-state index contributed by atoms with van der Waals surface area (Å²) >= 11 is 1.08. The average molecular weight is 287 g/mol. The number of sulfone groups is 1. The van der Waals surface area contributed by atoms with Crippen LogP contribution in [0.15, 0.2) is 20.4 Å². The van der Waals surface area contributed by atoms with Crippen molar-refractivity contribution >= 4 is 21.2 Å². The largest absolute Gasteiger partial charge is 0.339 e. The second-order valence-corrected chi connectivity index (χ2v) is 7.88. The van der Waals surface area contributed by atoms with Crippen LogP contribution in [0, 0.1) is 0 Å². The fraction of sp³-hybridized carbons (Fsp3) is 0.500. The predicted octanol–water partition coefficient (Wildman–Crippen LogP) is 1.80. The van der Waals surface area contributed by atoms with Gasteiger partial charge in [0.1, 0.15) is 5.75 Å². The monoisotopic (exact) mass is 287 g/mol. The highest BCUT2D eigenvalue weighted by Gasteiger charge is 2.25. The van der Waals surface area contributed by atoms with Crippen LogP contribution in [-0.2, 0) is 21.0 Å². The van der Waals surface area contributed by atoms with Crippen molar-refractivity contribution in [1.29, 1.82) is 0 Å². The number of thiazole rings is 1. The zero-order chi connectivity index (χ0) is 13.4. The molecule has 0 spiro atoms. The van der Waals surface area contributed by atoms with Gasteiger partial charge in [-0.2, -0.15) is 4.98 Å². The van der Waals surface area contributed by atoms with E-state index in [1.807, 2.05) is 20.8 Å². The van der Waals surface area contributed by atoms with Gasteiger partial charge in [0.2, 0.25) is 20.1 Å². The summed E-state index contributed by atoms with van der Waals surface area (Å²) in [6.07, 6.45) is 1.45. The molecule has 0 aliphatic rings. The molecular formula is C10H13N3O3S2. The van der Waals surface area contributed by atoms with Crippen LogP contribution >= 0.6 is 11.3 Å². The van der Waals surface area contributed by atoms with E-state index in [2.05, 4.69) is 15.1 Å². The molecule has 8 heteroatoms. The molecular weight excluding hydrogens is 274 g/mol. The lowest BCUT2D eigenvalue weighted by atomic mass is 9.97. The van der Waals surface area contributed by atoms with E-state index in [1.165, 1.54) is 6.20 Å². The van der Waals surface area contributed by atoms with Gasteiger partial charge in [0, 0.05) is 17.0 Å². The number of rotatable bonds is 3. The van der Waals surface area contributed by atoms with E-state index in [-0.39, 0.29) is 21.3 Å². The summed E-state index contributed by atoms with van der Waals surface area (Å²) in [5, 5.41) is 5.30. The summed E-state index contributed by atoms with van der Waals surface area (Å²) in [5.74, 6) is 0.294. The van der Waals surface area contributed by atoms with E-state index in [9.17, 15) is 8.42 Å². The van der Waals surface area contributed by atoms with Crippen molar-refractivity contribution in [2.75, 3.05) is 0 Å². The summed E-state index contributed by atoms with van der Waals surface area (Å²) in [6.45, 7) is 5.75. The molecule has 0 saturated carbocycles. The summed E-state index contributed by atoms with van der Waals surface area (Å²) < 4.78 is 29.0. The minimum atomic E-state index is -3.48. The van der Waals surface area contributed by atoms with E-state index in [0.717, 1.165) is 11.3 Å². The Kier molecular flexibility index (Phi) is 3.24. The molecule has 0 fully saturated rings. The molecule has 98 valence electrons. The summed E-state index contributed by atoms with van der Waals surface area (Å²) in [5.41, 5.74) is -0.295. The van der Waals surface area contributed by atoms with Gasteiger partial charge >= 0.3 is 0 Å². The van der Waals surface area contributed by atoms with Crippen LogP contribution in [0.1, 0.15) is 32.5 Å². The van der Waals surface area contributed by atoms with Crippen LogP contribution < -0.4 is 0 Å². The number of aromatic nitrogens is 3. The zero-order valence-electron chi connectivity index (χ0n) is 10.2. The molecule has 6 nitrogen and oxygen atoms in total. The van der Waals surface area contributed by atoms with Gasteiger partial charge in [-0.3, -0.25) is 0 Å². The lowest BCUT2D eigenvalue weighted by Gasteiger charge is -2.10. The molecule has 0 aliphatic carbocycles. The van der Waals surface area contributed by atoms with E-state index < -0.39 is 9.84 Å². The number of nitrogens with zero attached hydrogens (tertiary/aromatic N) is 3. The summed E-state index contributed by atoms with van der Waals surface area (Å²) in [6, 6.07) is 0. The van der Waals surface area contributed by atoms with Gasteiger partial charge in [0.25, 0.3) is 0 Å². The molecule has 2 aromatic rings. The lowest BCUT2D eigenvalue weighted by Crippen LogP contribution is -2.12. The molecule has 2 heterocycles. The van der Waals surface area contributed by atoms with Crippen molar-refractivity contribution in [3.63, 3.8) is 0 Å². The van der Waals surface area contributed by atoms with Gasteiger partial charge in [0.15, 0.2) is 5.82 Å². The fourth-order valence-corrected chi connectivity index (χ4v) is 3.30. The van der Waals surface area contributed by atoms with E-state index in [4.69, 9.17) is 4.52 Å². The SMILES string of the molecule is CC(C)(C)c1nc(CS(=O)(=O)c2nccs2)no1. The Morgan fingerprint density at radius 2 is 2.11 bits per heavy atom. The van der Waals surface area contributed by atoms with E-state index in [1.54, 1.807) is 5.38 Å². The number of hydrogen-bond donors (Lipinski definition) is 0. The minimum absolute atomic E-state index is 0.0737. The van der Waals surface area contributed by atoms with Gasteiger partial charge in [-0.05, 0) is 0 Å². The van der Waals surface area contributed by atoms with Crippen molar-refractivity contribution in [2.24, 2.45) is 0 Å². The lowest BCUT2D eigenvalue weighted by molar-refractivity contribution is 0.319. The minimum Gasteiger partial charge on any atom is -0.339 e.